The summed E-state index contributed by atoms with van der Waals surface area (Å²) in [4.78, 5) is 24.1. The van der Waals surface area contributed by atoms with E-state index in [0.29, 0.717) is 6.42 Å². The van der Waals surface area contributed by atoms with Crippen LogP contribution in [0.3, 0.4) is 0 Å². The Hall–Kier alpha value is -1.94. The third kappa shape index (κ3) is 3.05. The zero-order chi connectivity index (χ0) is 23.8. The number of carbonyl (C=O) groups is 2. The molecule has 0 radical (unpaired) electrons. The van der Waals surface area contributed by atoms with Crippen molar-refractivity contribution in [2.75, 3.05) is 13.2 Å². The molecule has 2 saturated heterocycles. The van der Waals surface area contributed by atoms with Gasteiger partial charge < -0.3 is 33.9 Å². The van der Waals surface area contributed by atoms with Crippen LogP contribution in [0.15, 0.2) is 24.0 Å². The molecule has 182 valence electrons. The molecule has 9 nitrogen and oxygen atoms in total. The molecule has 0 aromatic heterocycles. The van der Waals surface area contributed by atoms with Crippen LogP contribution in [0.5, 0.6) is 0 Å². The maximum atomic E-state index is 12.1. The molecule has 0 amide bonds. The molecule has 33 heavy (non-hydrogen) atoms. The van der Waals surface area contributed by atoms with E-state index in [1.54, 1.807) is 6.26 Å². The second-order valence-corrected chi connectivity index (χ2v) is 10.3. The average Bonchev–Trinajstić information content (AvgIpc) is 3.24. The topological polar surface area (TPSA) is 124 Å². The van der Waals surface area contributed by atoms with Crippen molar-refractivity contribution in [2.24, 2.45) is 22.7 Å². The number of ether oxygens (including phenoxy) is 5. The third-order valence-electron chi connectivity index (χ3n) is 8.82. The van der Waals surface area contributed by atoms with Crippen LogP contribution >= 0.6 is 0 Å². The molecule has 0 aromatic carbocycles. The molecule has 1 spiro atoms. The SMILES string of the molecule is CC(=O)OC[C@@]12[C@@H](OC(C)=O)C=C(C)[C@](C)([C@@H]3C[C@H]4C=CO[C@H]4O3)[C@H]1C[C@@H](O)[C@H](O)[C@]21CO1. The summed E-state index contributed by atoms with van der Waals surface area (Å²) in [6.07, 6.45) is 2.76. The van der Waals surface area contributed by atoms with Crippen molar-refractivity contribution in [3.63, 3.8) is 0 Å². The number of fused-ring (bicyclic) bond motifs is 3. The van der Waals surface area contributed by atoms with Crippen LogP contribution in [0.1, 0.15) is 40.5 Å². The van der Waals surface area contributed by atoms with Gasteiger partial charge >= 0.3 is 11.9 Å². The minimum Gasteiger partial charge on any atom is -0.472 e. The van der Waals surface area contributed by atoms with Crippen LogP contribution in [0.25, 0.3) is 0 Å². The fourth-order valence-corrected chi connectivity index (χ4v) is 6.94. The summed E-state index contributed by atoms with van der Waals surface area (Å²) in [7, 11) is 0. The minimum absolute atomic E-state index is 0.121. The summed E-state index contributed by atoms with van der Waals surface area (Å²) in [6, 6.07) is 0. The normalized spacial score (nSPS) is 49.6. The van der Waals surface area contributed by atoms with Gasteiger partial charge in [0.2, 0.25) is 6.29 Å². The molecule has 10 atom stereocenters. The van der Waals surface area contributed by atoms with Crippen LogP contribution in [0.2, 0.25) is 0 Å². The number of hydrogen-bond donors (Lipinski definition) is 2. The highest BCUT2D eigenvalue weighted by molar-refractivity contribution is 5.67. The van der Waals surface area contributed by atoms with Gasteiger partial charge in [-0.05, 0) is 37.8 Å². The predicted octanol–water partition coefficient (Wildman–Crippen LogP) is 1.22. The summed E-state index contributed by atoms with van der Waals surface area (Å²) < 4.78 is 29.2. The molecular weight excluding hydrogens is 432 g/mol. The Morgan fingerprint density at radius 3 is 2.55 bits per heavy atom. The largest absolute Gasteiger partial charge is 0.472 e. The van der Waals surface area contributed by atoms with Crippen molar-refractivity contribution in [3.05, 3.63) is 24.0 Å². The number of esters is 2. The summed E-state index contributed by atoms with van der Waals surface area (Å²) in [5, 5.41) is 22.0. The zero-order valence-electron chi connectivity index (χ0n) is 19.4. The van der Waals surface area contributed by atoms with Crippen molar-refractivity contribution >= 4 is 11.9 Å². The number of hydrogen-bond acceptors (Lipinski definition) is 9. The Balaban J connectivity index is 1.66. The van der Waals surface area contributed by atoms with Crippen LogP contribution in [0, 0.1) is 22.7 Å². The van der Waals surface area contributed by atoms with Gasteiger partial charge in [0.25, 0.3) is 0 Å². The molecule has 3 aliphatic heterocycles. The Labute approximate surface area is 192 Å². The van der Waals surface area contributed by atoms with Gasteiger partial charge in [0.1, 0.15) is 24.4 Å². The average molecular weight is 465 g/mol. The molecule has 9 heteroatoms. The smallest absolute Gasteiger partial charge is 0.303 e. The van der Waals surface area contributed by atoms with Crippen LogP contribution in [-0.4, -0.2) is 71.7 Å². The first-order valence-electron chi connectivity index (χ1n) is 11.5. The molecule has 3 fully saturated rings. The number of aliphatic hydroxyl groups is 2. The maximum absolute atomic E-state index is 12.1. The highest BCUT2D eigenvalue weighted by Crippen LogP contribution is 2.68. The summed E-state index contributed by atoms with van der Waals surface area (Å²) in [5.41, 5.74) is -1.99. The van der Waals surface area contributed by atoms with E-state index in [0.717, 1.165) is 5.57 Å². The zero-order valence-corrected chi connectivity index (χ0v) is 19.4. The molecular formula is C24H32O9. The molecule has 5 aliphatic rings. The second kappa shape index (κ2) is 7.53. The third-order valence-corrected chi connectivity index (χ3v) is 8.82. The molecule has 5 rings (SSSR count). The lowest BCUT2D eigenvalue weighted by Gasteiger charge is -2.62. The van der Waals surface area contributed by atoms with Crippen LogP contribution in [-0.2, 0) is 33.3 Å². The van der Waals surface area contributed by atoms with E-state index in [2.05, 4.69) is 6.92 Å². The molecule has 0 bridgehead atoms. The highest BCUT2D eigenvalue weighted by atomic mass is 16.7. The van der Waals surface area contributed by atoms with Crippen LogP contribution in [0.4, 0.5) is 0 Å². The van der Waals surface area contributed by atoms with Crippen molar-refractivity contribution in [3.8, 4) is 0 Å². The van der Waals surface area contributed by atoms with Gasteiger partial charge in [0.15, 0.2) is 0 Å². The van der Waals surface area contributed by atoms with E-state index in [1.807, 2.05) is 19.1 Å². The van der Waals surface area contributed by atoms with E-state index in [4.69, 9.17) is 23.7 Å². The van der Waals surface area contributed by atoms with Crippen molar-refractivity contribution in [2.45, 2.75) is 76.8 Å². The Morgan fingerprint density at radius 1 is 1.21 bits per heavy atom. The Kier molecular flexibility index (Phi) is 5.21. The lowest BCUT2D eigenvalue weighted by Crippen LogP contribution is -2.72. The number of aliphatic hydroxyl groups excluding tert-OH is 2. The molecule has 0 aromatic rings. The van der Waals surface area contributed by atoms with Gasteiger partial charge in [-0.2, -0.15) is 0 Å². The van der Waals surface area contributed by atoms with E-state index < -0.39 is 46.7 Å². The van der Waals surface area contributed by atoms with Gasteiger partial charge in [-0.25, -0.2) is 0 Å². The van der Waals surface area contributed by atoms with Gasteiger partial charge in [0, 0.05) is 25.2 Å². The van der Waals surface area contributed by atoms with Crippen molar-refractivity contribution in [1.82, 2.24) is 0 Å². The standard InChI is InChI=1S/C24H32O9/c1-12-7-19(32-14(3)26)23(10-30-13(2)25)17(9-16(27)20(28)24(23)11-31-24)22(12,4)18-8-15-5-6-29-21(15)33-18/h5-7,15-21,27-28H,8-11H2,1-4H3/t15-,16-,17-,18+,19+,20+,21+,22+,23+,24-/m1/s1. The number of epoxide rings is 1. The predicted molar refractivity (Wildman–Crippen MR) is 112 cm³/mol. The lowest BCUT2D eigenvalue weighted by molar-refractivity contribution is -0.242. The van der Waals surface area contributed by atoms with Gasteiger partial charge in [-0.1, -0.05) is 12.5 Å². The first-order valence-corrected chi connectivity index (χ1v) is 11.5. The number of rotatable bonds is 4. The fourth-order valence-electron chi connectivity index (χ4n) is 6.94. The summed E-state index contributed by atoms with van der Waals surface area (Å²) in [6.45, 7) is 6.72. The van der Waals surface area contributed by atoms with Gasteiger partial charge in [-0.3, -0.25) is 9.59 Å². The van der Waals surface area contributed by atoms with E-state index in [9.17, 15) is 19.8 Å². The first-order chi connectivity index (χ1) is 15.6. The van der Waals surface area contributed by atoms with Crippen LogP contribution < -0.4 is 0 Å². The van der Waals surface area contributed by atoms with E-state index in [-0.39, 0.29) is 43.9 Å². The second-order valence-electron chi connectivity index (χ2n) is 10.3. The first kappa shape index (κ1) is 22.8. The van der Waals surface area contributed by atoms with E-state index >= 15 is 0 Å². The fraction of sp³-hybridized carbons (Fsp3) is 0.750. The van der Waals surface area contributed by atoms with Crippen molar-refractivity contribution < 1.29 is 43.5 Å². The lowest BCUT2D eigenvalue weighted by atomic mass is 9.44. The Morgan fingerprint density at radius 2 is 1.94 bits per heavy atom. The highest BCUT2D eigenvalue weighted by Gasteiger charge is 2.79. The molecule has 2 aliphatic carbocycles. The van der Waals surface area contributed by atoms with Gasteiger partial charge in [-0.15, -0.1) is 0 Å². The monoisotopic (exact) mass is 464 g/mol. The van der Waals surface area contributed by atoms with E-state index in [1.165, 1.54) is 13.8 Å². The maximum Gasteiger partial charge on any atom is 0.303 e. The summed E-state index contributed by atoms with van der Waals surface area (Å²) in [5.74, 6) is -1.24. The Bertz CT molecular complexity index is 908. The molecule has 2 N–H and O–H groups in total. The molecule has 0 unspecified atom stereocenters. The van der Waals surface area contributed by atoms with Crippen molar-refractivity contribution in [1.29, 1.82) is 0 Å². The molecule has 3 heterocycles. The number of carbonyl (C=O) groups excluding carboxylic acids is 2. The molecule has 1 saturated carbocycles. The van der Waals surface area contributed by atoms with Gasteiger partial charge in [0.05, 0.1) is 30.5 Å². The summed E-state index contributed by atoms with van der Waals surface area (Å²) >= 11 is 0. The quantitative estimate of drug-likeness (QED) is 0.359. The minimum atomic E-state index is -1.21.